The van der Waals surface area contributed by atoms with Gasteiger partial charge >= 0.3 is 0 Å². The Bertz CT molecular complexity index is 926. The van der Waals surface area contributed by atoms with Gasteiger partial charge in [-0.05, 0) is 29.8 Å². The van der Waals surface area contributed by atoms with Gasteiger partial charge in [0, 0.05) is 18.8 Å². The molecule has 0 unspecified atom stereocenters. The summed E-state index contributed by atoms with van der Waals surface area (Å²) in [6.07, 6.45) is 3.57. The van der Waals surface area contributed by atoms with Crippen LogP contribution < -0.4 is 10.1 Å². The highest BCUT2D eigenvalue weighted by molar-refractivity contribution is 8.00. The van der Waals surface area contributed by atoms with Crippen LogP contribution in [0, 0.1) is 0 Å². The minimum absolute atomic E-state index is 0.00935. The first-order chi connectivity index (χ1) is 12.7. The molecule has 0 fully saturated rings. The lowest BCUT2D eigenvalue weighted by Crippen LogP contribution is -2.15. The van der Waals surface area contributed by atoms with Crippen molar-refractivity contribution in [3.05, 3.63) is 71.7 Å². The first kappa shape index (κ1) is 16.7. The van der Waals surface area contributed by atoms with Crippen molar-refractivity contribution in [2.45, 2.75) is 11.9 Å². The molecule has 2 aromatic heterocycles. The summed E-state index contributed by atoms with van der Waals surface area (Å²) in [6.45, 7) is 0.417. The van der Waals surface area contributed by atoms with Gasteiger partial charge in [-0.15, -0.1) is 11.8 Å². The number of nitrogens with one attached hydrogen (secondary N) is 1. The van der Waals surface area contributed by atoms with Crippen molar-refractivity contribution in [2.75, 3.05) is 11.1 Å². The Kier molecular flexibility index (Phi) is 4.62. The smallest absolute Gasteiger partial charge is 0.235 e. The molecule has 4 rings (SSSR count). The third-order valence-electron chi connectivity index (χ3n) is 4.16. The number of rotatable bonds is 4. The monoisotopic (exact) mass is 366 g/mol. The SMILES string of the molecule is Cn1ncc2c1NC(=O)CS[C@@H]2c1cccc(OCc2ccccn2)c1. The summed E-state index contributed by atoms with van der Waals surface area (Å²) in [4.78, 5) is 16.3. The van der Waals surface area contributed by atoms with E-state index >= 15 is 0 Å². The molecule has 132 valence electrons. The molecular weight excluding hydrogens is 348 g/mol. The topological polar surface area (TPSA) is 69.0 Å². The number of hydrogen-bond donors (Lipinski definition) is 1. The lowest BCUT2D eigenvalue weighted by Gasteiger charge is -2.15. The zero-order chi connectivity index (χ0) is 17.9. The predicted molar refractivity (Wildman–Crippen MR) is 101 cm³/mol. The fourth-order valence-electron chi connectivity index (χ4n) is 2.90. The maximum absolute atomic E-state index is 12.0. The van der Waals surface area contributed by atoms with Gasteiger partial charge in [-0.3, -0.25) is 14.5 Å². The highest BCUT2D eigenvalue weighted by Gasteiger charge is 2.27. The quantitative estimate of drug-likeness (QED) is 0.768. The molecule has 1 atom stereocenters. The van der Waals surface area contributed by atoms with Crippen LogP contribution in [0.1, 0.15) is 22.1 Å². The van der Waals surface area contributed by atoms with Crippen LogP contribution in [0.2, 0.25) is 0 Å². The van der Waals surface area contributed by atoms with Gasteiger partial charge in [-0.2, -0.15) is 5.10 Å². The Morgan fingerprint density at radius 1 is 1.31 bits per heavy atom. The van der Waals surface area contributed by atoms with Crippen LogP contribution in [0.15, 0.2) is 54.9 Å². The second-order valence-corrected chi connectivity index (χ2v) is 7.09. The molecule has 1 amide bonds. The number of aryl methyl sites for hydroxylation is 1. The number of ether oxygens (including phenoxy) is 1. The van der Waals surface area contributed by atoms with Crippen molar-refractivity contribution in [1.82, 2.24) is 14.8 Å². The molecule has 1 aliphatic heterocycles. The molecule has 6 nitrogen and oxygen atoms in total. The number of carbonyl (C=O) groups is 1. The third-order valence-corrected chi connectivity index (χ3v) is 5.45. The maximum atomic E-state index is 12.0. The van der Waals surface area contributed by atoms with E-state index in [4.69, 9.17) is 4.74 Å². The first-order valence-corrected chi connectivity index (χ1v) is 9.31. The third kappa shape index (κ3) is 3.43. The number of anilines is 1. The van der Waals surface area contributed by atoms with Crippen LogP contribution in [0.4, 0.5) is 5.82 Å². The van der Waals surface area contributed by atoms with E-state index < -0.39 is 0 Å². The minimum Gasteiger partial charge on any atom is -0.487 e. The molecule has 7 heteroatoms. The Morgan fingerprint density at radius 3 is 3.08 bits per heavy atom. The molecule has 1 aliphatic rings. The molecule has 0 radical (unpaired) electrons. The van der Waals surface area contributed by atoms with Crippen molar-refractivity contribution in [3.63, 3.8) is 0 Å². The van der Waals surface area contributed by atoms with Gasteiger partial charge in [0.05, 0.1) is 22.9 Å². The summed E-state index contributed by atoms with van der Waals surface area (Å²) in [5.41, 5.74) is 2.97. The molecular formula is C19H18N4O2S. The number of benzene rings is 1. The minimum atomic E-state index is -0.00935. The first-order valence-electron chi connectivity index (χ1n) is 8.27. The lowest BCUT2D eigenvalue weighted by molar-refractivity contribution is -0.113. The Labute approximate surface area is 155 Å². The summed E-state index contributed by atoms with van der Waals surface area (Å²) in [7, 11) is 1.83. The van der Waals surface area contributed by atoms with E-state index in [1.54, 1.807) is 22.6 Å². The second kappa shape index (κ2) is 7.21. The molecule has 1 N–H and O–H groups in total. The van der Waals surface area contributed by atoms with E-state index in [1.807, 2.05) is 49.6 Å². The fourth-order valence-corrected chi connectivity index (χ4v) is 3.98. The standard InChI is InChI=1S/C19H18N4O2S/c1-23-19-16(10-21-23)18(26-12-17(24)22-19)13-5-4-7-15(9-13)25-11-14-6-2-3-8-20-14/h2-10,18H,11-12H2,1H3,(H,22,24)/t18-/m1/s1. The summed E-state index contributed by atoms with van der Waals surface area (Å²) in [5, 5.41) is 7.25. The highest BCUT2D eigenvalue weighted by Crippen LogP contribution is 2.41. The summed E-state index contributed by atoms with van der Waals surface area (Å²) in [5.74, 6) is 1.93. The Hall–Kier alpha value is -2.80. The number of hydrogen-bond acceptors (Lipinski definition) is 5. The zero-order valence-electron chi connectivity index (χ0n) is 14.3. The van der Waals surface area contributed by atoms with Crippen LogP contribution in [0.5, 0.6) is 5.75 Å². The summed E-state index contributed by atoms with van der Waals surface area (Å²) < 4.78 is 7.60. The van der Waals surface area contributed by atoms with Gasteiger partial charge in [0.15, 0.2) is 0 Å². The number of nitrogens with zero attached hydrogens (tertiary/aromatic N) is 3. The number of aromatic nitrogens is 3. The number of pyridine rings is 1. The van der Waals surface area contributed by atoms with Crippen LogP contribution in [0.25, 0.3) is 0 Å². The largest absolute Gasteiger partial charge is 0.487 e. The van der Waals surface area contributed by atoms with Crippen LogP contribution in [-0.2, 0) is 18.4 Å². The number of carbonyl (C=O) groups excluding carboxylic acids is 1. The van der Waals surface area contributed by atoms with E-state index in [2.05, 4.69) is 21.5 Å². The molecule has 26 heavy (non-hydrogen) atoms. The van der Waals surface area contributed by atoms with E-state index in [1.165, 1.54) is 0 Å². The summed E-state index contributed by atoms with van der Waals surface area (Å²) >= 11 is 1.59. The average Bonchev–Trinajstić information content (AvgIpc) is 2.92. The fraction of sp³-hybridized carbons (Fsp3) is 0.211. The molecule has 0 bridgehead atoms. The second-order valence-electron chi connectivity index (χ2n) is 5.99. The lowest BCUT2D eigenvalue weighted by atomic mass is 10.1. The van der Waals surface area contributed by atoms with Crippen LogP contribution in [0.3, 0.4) is 0 Å². The average molecular weight is 366 g/mol. The van der Waals surface area contributed by atoms with Gasteiger partial charge < -0.3 is 10.1 Å². The Balaban J connectivity index is 1.59. The van der Waals surface area contributed by atoms with E-state index in [0.717, 1.165) is 28.4 Å². The number of thioether (sulfide) groups is 1. The van der Waals surface area contributed by atoms with E-state index in [-0.39, 0.29) is 11.2 Å². The molecule has 1 aromatic carbocycles. The van der Waals surface area contributed by atoms with Crippen molar-refractivity contribution in [3.8, 4) is 5.75 Å². The van der Waals surface area contributed by atoms with E-state index in [9.17, 15) is 4.79 Å². The van der Waals surface area contributed by atoms with Gasteiger partial charge in [0.1, 0.15) is 18.2 Å². The van der Waals surface area contributed by atoms with E-state index in [0.29, 0.717) is 12.4 Å². The van der Waals surface area contributed by atoms with Crippen molar-refractivity contribution in [2.24, 2.45) is 7.05 Å². The number of fused-ring (bicyclic) bond motifs is 1. The molecule has 0 spiro atoms. The van der Waals surface area contributed by atoms with Gasteiger partial charge in [0.25, 0.3) is 0 Å². The zero-order valence-corrected chi connectivity index (χ0v) is 15.1. The molecule has 0 aliphatic carbocycles. The summed E-state index contributed by atoms with van der Waals surface area (Å²) in [6, 6.07) is 13.7. The molecule has 0 saturated heterocycles. The molecule has 3 aromatic rings. The van der Waals surface area contributed by atoms with Crippen molar-refractivity contribution in [1.29, 1.82) is 0 Å². The molecule has 0 saturated carbocycles. The van der Waals surface area contributed by atoms with Crippen LogP contribution in [-0.4, -0.2) is 26.4 Å². The van der Waals surface area contributed by atoms with Crippen LogP contribution >= 0.6 is 11.8 Å². The van der Waals surface area contributed by atoms with Crippen molar-refractivity contribution >= 4 is 23.5 Å². The normalized spacial score (nSPS) is 16.5. The van der Waals surface area contributed by atoms with Gasteiger partial charge in [0.2, 0.25) is 5.91 Å². The highest BCUT2D eigenvalue weighted by atomic mass is 32.2. The Morgan fingerprint density at radius 2 is 2.23 bits per heavy atom. The van der Waals surface area contributed by atoms with Crippen molar-refractivity contribution < 1.29 is 9.53 Å². The predicted octanol–water partition coefficient (Wildman–Crippen LogP) is 3.17. The molecule has 3 heterocycles. The number of amides is 1. The van der Waals surface area contributed by atoms with Gasteiger partial charge in [-0.1, -0.05) is 18.2 Å². The maximum Gasteiger partial charge on any atom is 0.235 e. The van der Waals surface area contributed by atoms with Gasteiger partial charge in [-0.25, -0.2) is 0 Å².